The zero-order valence-corrected chi connectivity index (χ0v) is 14.0. The molecule has 3 aromatic rings. The molecule has 0 radical (unpaired) electrons. The van der Waals surface area contributed by atoms with E-state index in [2.05, 4.69) is 20.2 Å². The number of nitrogens with one attached hydrogen (secondary N) is 1. The highest BCUT2D eigenvalue weighted by Crippen LogP contribution is 2.19. The molecule has 1 aliphatic heterocycles. The van der Waals surface area contributed by atoms with Crippen LogP contribution in [0.15, 0.2) is 47.4 Å². The highest BCUT2D eigenvalue weighted by atomic mass is 16.5. The van der Waals surface area contributed by atoms with Crippen LogP contribution in [0.1, 0.15) is 0 Å². The first-order valence-electron chi connectivity index (χ1n) is 8.25. The quantitative estimate of drug-likeness (QED) is 0.774. The molecular formula is C18H19N5O2. The number of anilines is 1. The van der Waals surface area contributed by atoms with E-state index in [9.17, 15) is 4.79 Å². The molecule has 1 N–H and O–H groups in total. The number of hydrogen-bond donors (Lipinski definition) is 1. The van der Waals surface area contributed by atoms with E-state index in [-0.39, 0.29) is 5.56 Å². The van der Waals surface area contributed by atoms with E-state index >= 15 is 0 Å². The molecule has 25 heavy (non-hydrogen) atoms. The second kappa shape index (κ2) is 6.52. The largest absolute Gasteiger partial charge is 0.481 e. The predicted octanol–water partition coefficient (Wildman–Crippen LogP) is 1.17. The van der Waals surface area contributed by atoms with Crippen LogP contribution in [0.25, 0.3) is 17.0 Å². The maximum absolute atomic E-state index is 12.6. The van der Waals surface area contributed by atoms with Crippen LogP contribution in [-0.2, 0) is 0 Å². The van der Waals surface area contributed by atoms with E-state index in [0.29, 0.717) is 22.9 Å². The van der Waals surface area contributed by atoms with Crippen molar-refractivity contribution in [3.05, 3.63) is 52.9 Å². The van der Waals surface area contributed by atoms with Crippen LogP contribution < -0.4 is 20.5 Å². The van der Waals surface area contributed by atoms with Gasteiger partial charge in [-0.2, -0.15) is 0 Å². The summed E-state index contributed by atoms with van der Waals surface area (Å²) >= 11 is 0. The fourth-order valence-electron chi connectivity index (χ4n) is 3.00. The summed E-state index contributed by atoms with van der Waals surface area (Å²) in [6, 6.07) is 10.8. The van der Waals surface area contributed by atoms with E-state index in [1.165, 1.54) is 6.07 Å². The number of nitrogens with zero attached hydrogens (tertiary/aromatic N) is 4. The van der Waals surface area contributed by atoms with Gasteiger partial charge < -0.3 is 15.0 Å². The van der Waals surface area contributed by atoms with Crippen LogP contribution in [-0.4, -0.2) is 47.7 Å². The summed E-state index contributed by atoms with van der Waals surface area (Å²) in [5.41, 5.74) is 2.67. The molecule has 0 aliphatic carbocycles. The van der Waals surface area contributed by atoms with Gasteiger partial charge in [0.05, 0.1) is 24.2 Å². The van der Waals surface area contributed by atoms with Gasteiger partial charge in [0.1, 0.15) is 5.65 Å². The first kappa shape index (κ1) is 15.6. The van der Waals surface area contributed by atoms with Crippen molar-refractivity contribution in [2.24, 2.45) is 0 Å². The second-order valence-corrected chi connectivity index (χ2v) is 5.90. The topological polar surface area (TPSA) is 71.8 Å². The van der Waals surface area contributed by atoms with Crippen LogP contribution in [0.2, 0.25) is 0 Å². The zero-order valence-electron chi connectivity index (χ0n) is 14.0. The fraction of sp³-hybridized carbons (Fsp3) is 0.278. The Morgan fingerprint density at radius 3 is 2.72 bits per heavy atom. The molecule has 1 aliphatic rings. The molecule has 128 valence electrons. The molecule has 4 heterocycles. The lowest BCUT2D eigenvalue weighted by atomic mass is 10.2. The van der Waals surface area contributed by atoms with Gasteiger partial charge in [0.15, 0.2) is 0 Å². The molecule has 1 fully saturated rings. The molecule has 0 aromatic carbocycles. The summed E-state index contributed by atoms with van der Waals surface area (Å²) in [6.07, 6.45) is 1.86. The summed E-state index contributed by atoms with van der Waals surface area (Å²) in [5.74, 6) is 0.494. The third kappa shape index (κ3) is 3.06. The summed E-state index contributed by atoms with van der Waals surface area (Å²) in [4.78, 5) is 23.8. The Kier molecular flexibility index (Phi) is 4.07. The molecule has 0 amide bonds. The van der Waals surface area contributed by atoms with Crippen molar-refractivity contribution >= 4 is 11.3 Å². The van der Waals surface area contributed by atoms with Gasteiger partial charge in [0.25, 0.3) is 5.56 Å². The van der Waals surface area contributed by atoms with Crippen molar-refractivity contribution in [3.8, 4) is 17.3 Å². The number of rotatable bonds is 3. The standard InChI is InChI=1S/C18H19N5O2/c1-25-17-4-2-3-14(21-17)15-11-18(24)23-12-13(5-6-16(23)20-15)22-9-7-19-8-10-22/h2-6,11-12,19H,7-10H2,1H3. The average molecular weight is 337 g/mol. The van der Waals surface area contributed by atoms with Gasteiger partial charge in [-0.25, -0.2) is 9.97 Å². The third-order valence-electron chi connectivity index (χ3n) is 4.32. The summed E-state index contributed by atoms with van der Waals surface area (Å²) < 4.78 is 6.73. The summed E-state index contributed by atoms with van der Waals surface area (Å²) in [7, 11) is 1.56. The van der Waals surface area contributed by atoms with Crippen molar-refractivity contribution in [2.75, 3.05) is 38.2 Å². The van der Waals surface area contributed by atoms with Crippen LogP contribution >= 0.6 is 0 Å². The average Bonchev–Trinajstić information content (AvgIpc) is 2.68. The van der Waals surface area contributed by atoms with Crippen LogP contribution in [0, 0.1) is 0 Å². The Balaban J connectivity index is 1.76. The molecule has 1 saturated heterocycles. The fourth-order valence-corrected chi connectivity index (χ4v) is 3.00. The number of hydrogen-bond acceptors (Lipinski definition) is 6. The predicted molar refractivity (Wildman–Crippen MR) is 96.3 cm³/mol. The second-order valence-electron chi connectivity index (χ2n) is 5.90. The molecule has 0 spiro atoms. The lowest BCUT2D eigenvalue weighted by Gasteiger charge is -2.29. The summed E-state index contributed by atoms with van der Waals surface area (Å²) in [6.45, 7) is 3.76. The van der Waals surface area contributed by atoms with E-state index in [1.54, 1.807) is 17.6 Å². The molecule has 7 nitrogen and oxygen atoms in total. The molecule has 0 saturated carbocycles. The van der Waals surface area contributed by atoms with Crippen LogP contribution in [0.5, 0.6) is 5.88 Å². The Bertz CT molecular complexity index is 963. The normalized spacial score (nSPS) is 14.7. The number of methoxy groups -OCH3 is 1. The smallest absolute Gasteiger partial charge is 0.258 e. The lowest BCUT2D eigenvalue weighted by molar-refractivity contribution is 0.398. The third-order valence-corrected chi connectivity index (χ3v) is 4.32. The van der Waals surface area contributed by atoms with E-state index in [4.69, 9.17) is 4.74 Å². The van der Waals surface area contributed by atoms with E-state index in [1.807, 2.05) is 30.5 Å². The Morgan fingerprint density at radius 2 is 1.92 bits per heavy atom. The lowest BCUT2D eigenvalue weighted by Crippen LogP contribution is -2.43. The minimum atomic E-state index is -0.124. The minimum Gasteiger partial charge on any atom is -0.481 e. The Morgan fingerprint density at radius 1 is 1.08 bits per heavy atom. The molecule has 4 rings (SSSR count). The van der Waals surface area contributed by atoms with Gasteiger partial charge in [-0.05, 0) is 18.2 Å². The van der Waals surface area contributed by atoms with Crippen molar-refractivity contribution < 1.29 is 4.74 Å². The number of piperazine rings is 1. The van der Waals surface area contributed by atoms with Gasteiger partial charge in [-0.1, -0.05) is 6.07 Å². The highest BCUT2D eigenvalue weighted by Gasteiger charge is 2.12. The SMILES string of the molecule is COc1cccc(-c2cc(=O)n3cc(N4CCNCC4)ccc3n2)n1. The first-order valence-corrected chi connectivity index (χ1v) is 8.25. The van der Waals surface area contributed by atoms with E-state index in [0.717, 1.165) is 31.9 Å². The van der Waals surface area contributed by atoms with Gasteiger partial charge in [0, 0.05) is 44.5 Å². The Labute approximate surface area is 144 Å². The monoisotopic (exact) mass is 337 g/mol. The summed E-state index contributed by atoms with van der Waals surface area (Å²) in [5, 5.41) is 3.33. The van der Waals surface area contributed by atoms with Gasteiger partial charge in [-0.3, -0.25) is 9.20 Å². The maximum Gasteiger partial charge on any atom is 0.258 e. The highest BCUT2D eigenvalue weighted by molar-refractivity contribution is 5.60. The molecule has 3 aromatic heterocycles. The molecule has 0 unspecified atom stereocenters. The minimum absolute atomic E-state index is 0.124. The van der Waals surface area contributed by atoms with Gasteiger partial charge >= 0.3 is 0 Å². The van der Waals surface area contributed by atoms with Crippen molar-refractivity contribution in [1.29, 1.82) is 0 Å². The molecule has 0 bridgehead atoms. The number of ether oxygens (including phenoxy) is 1. The number of pyridine rings is 2. The first-order chi connectivity index (χ1) is 12.2. The number of aromatic nitrogens is 3. The zero-order chi connectivity index (χ0) is 17.2. The van der Waals surface area contributed by atoms with Crippen LogP contribution in [0.4, 0.5) is 5.69 Å². The van der Waals surface area contributed by atoms with Gasteiger partial charge in [-0.15, -0.1) is 0 Å². The van der Waals surface area contributed by atoms with Crippen molar-refractivity contribution in [2.45, 2.75) is 0 Å². The van der Waals surface area contributed by atoms with Crippen LogP contribution in [0.3, 0.4) is 0 Å². The van der Waals surface area contributed by atoms with Crippen molar-refractivity contribution in [3.63, 3.8) is 0 Å². The van der Waals surface area contributed by atoms with Crippen molar-refractivity contribution in [1.82, 2.24) is 19.7 Å². The molecular weight excluding hydrogens is 318 g/mol. The number of fused-ring (bicyclic) bond motifs is 1. The van der Waals surface area contributed by atoms with E-state index < -0.39 is 0 Å². The maximum atomic E-state index is 12.6. The molecule has 7 heteroatoms. The van der Waals surface area contributed by atoms with Gasteiger partial charge in [0.2, 0.25) is 5.88 Å². The Hall–Kier alpha value is -2.93. The molecule has 0 atom stereocenters.